The first kappa shape index (κ1) is 23.2. The second kappa shape index (κ2) is 9.88. The Balaban J connectivity index is 0.000000480. The van der Waals surface area contributed by atoms with Gasteiger partial charge in [0.25, 0.3) is 0 Å². The maximum absolute atomic E-state index is 12.5. The molecule has 0 aliphatic carbocycles. The Labute approximate surface area is 158 Å². The number of esters is 1. The van der Waals surface area contributed by atoms with Gasteiger partial charge in [0.05, 0.1) is 12.1 Å². The third-order valence-electron chi connectivity index (χ3n) is 3.66. The van der Waals surface area contributed by atoms with Gasteiger partial charge in [-0.25, -0.2) is 9.59 Å². The number of hydrogen-bond acceptors (Lipinski definition) is 5. The van der Waals surface area contributed by atoms with E-state index in [9.17, 15) is 22.8 Å². The number of nitrogens with two attached hydrogens (primary N) is 1. The average molecular weight is 402 g/mol. The van der Waals surface area contributed by atoms with Gasteiger partial charge in [0.2, 0.25) is 5.43 Å². The first-order chi connectivity index (χ1) is 13.1. The van der Waals surface area contributed by atoms with Crippen molar-refractivity contribution in [3.63, 3.8) is 0 Å². The van der Waals surface area contributed by atoms with Gasteiger partial charge in [-0.1, -0.05) is 6.07 Å². The second-order valence-corrected chi connectivity index (χ2v) is 5.57. The van der Waals surface area contributed by atoms with Crippen molar-refractivity contribution in [2.24, 2.45) is 5.73 Å². The normalized spacial score (nSPS) is 10.9. The molecule has 1 aromatic carbocycles. The SMILES string of the molecule is CCOC(=O)c1cn(CC)c2ccc(CCN)cc2c1=O.O=C(O)C(F)(F)F. The summed E-state index contributed by atoms with van der Waals surface area (Å²) in [7, 11) is 0. The van der Waals surface area contributed by atoms with Crippen LogP contribution in [0.5, 0.6) is 0 Å². The Kier molecular flexibility index (Phi) is 8.17. The lowest BCUT2D eigenvalue weighted by atomic mass is 10.1. The van der Waals surface area contributed by atoms with Crippen LogP contribution in [0.25, 0.3) is 10.9 Å². The number of aryl methyl sites for hydroxylation is 1. The quantitative estimate of drug-likeness (QED) is 0.743. The highest BCUT2D eigenvalue weighted by Gasteiger charge is 2.38. The van der Waals surface area contributed by atoms with Crippen LogP contribution in [0.3, 0.4) is 0 Å². The first-order valence-corrected chi connectivity index (χ1v) is 8.40. The molecule has 0 saturated carbocycles. The minimum Gasteiger partial charge on any atom is -0.475 e. The van der Waals surface area contributed by atoms with Gasteiger partial charge in [0, 0.05) is 18.1 Å². The van der Waals surface area contributed by atoms with Gasteiger partial charge in [0.1, 0.15) is 5.56 Å². The Morgan fingerprint density at radius 3 is 2.32 bits per heavy atom. The Hall–Kier alpha value is -2.88. The number of carbonyl (C=O) groups excluding carboxylic acids is 1. The lowest BCUT2D eigenvalue weighted by Crippen LogP contribution is -2.21. The van der Waals surface area contributed by atoms with Gasteiger partial charge in [-0.05, 0) is 44.5 Å². The van der Waals surface area contributed by atoms with Crippen molar-refractivity contribution in [1.82, 2.24) is 4.57 Å². The molecule has 1 heterocycles. The first-order valence-electron chi connectivity index (χ1n) is 8.40. The van der Waals surface area contributed by atoms with Crippen LogP contribution in [0, 0.1) is 0 Å². The van der Waals surface area contributed by atoms with Crippen molar-refractivity contribution < 1.29 is 32.6 Å². The van der Waals surface area contributed by atoms with Gasteiger partial charge in [-0.3, -0.25) is 4.79 Å². The number of alkyl halides is 3. The zero-order valence-electron chi connectivity index (χ0n) is 15.4. The molecular formula is C18H21F3N2O5. The summed E-state index contributed by atoms with van der Waals surface area (Å²) >= 11 is 0. The number of hydrogen-bond donors (Lipinski definition) is 2. The number of carbonyl (C=O) groups is 2. The largest absolute Gasteiger partial charge is 0.490 e. The second-order valence-electron chi connectivity index (χ2n) is 5.57. The van der Waals surface area contributed by atoms with E-state index < -0.39 is 18.1 Å². The number of halogens is 3. The Morgan fingerprint density at radius 1 is 1.25 bits per heavy atom. The van der Waals surface area contributed by atoms with Crippen molar-refractivity contribution in [3.05, 3.63) is 45.7 Å². The molecule has 0 spiro atoms. The van der Waals surface area contributed by atoms with Crippen molar-refractivity contribution in [2.75, 3.05) is 13.2 Å². The molecule has 0 aliphatic heterocycles. The number of aliphatic carboxylic acids is 1. The highest BCUT2D eigenvalue weighted by atomic mass is 19.4. The van der Waals surface area contributed by atoms with Gasteiger partial charge >= 0.3 is 18.1 Å². The number of benzene rings is 1. The highest BCUT2D eigenvalue weighted by Crippen LogP contribution is 2.15. The number of nitrogens with zero attached hydrogens (tertiary/aromatic N) is 1. The van der Waals surface area contributed by atoms with E-state index in [2.05, 4.69) is 0 Å². The zero-order valence-corrected chi connectivity index (χ0v) is 15.4. The van der Waals surface area contributed by atoms with Crippen LogP contribution >= 0.6 is 0 Å². The molecule has 0 atom stereocenters. The van der Waals surface area contributed by atoms with Crippen molar-refractivity contribution in [3.8, 4) is 0 Å². The summed E-state index contributed by atoms with van der Waals surface area (Å²) < 4.78 is 38.6. The molecule has 7 nitrogen and oxygen atoms in total. The van der Waals surface area contributed by atoms with Crippen LogP contribution in [0.1, 0.15) is 29.8 Å². The lowest BCUT2D eigenvalue weighted by Gasteiger charge is -2.12. The van der Waals surface area contributed by atoms with Crippen LogP contribution in [0.2, 0.25) is 0 Å². The van der Waals surface area contributed by atoms with Gasteiger partial charge < -0.3 is 20.1 Å². The number of rotatable bonds is 5. The summed E-state index contributed by atoms with van der Waals surface area (Å²) in [4.78, 5) is 33.4. The number of fused-ring (bicyclic) bond motifs is 1. The van der Waals surface area contributed by atoms with E-state index in [4.69, 9.17) is 20.4 Å². The maximum Gasteiger partial charge on any atom is 0.490 e. The summed E-state index contributed by atoms with van der Waals surface area (Å²) in [6, 6.07) is 5.68. The number of pyridine rings is 1. The summed E-state index contributed by atoms with van der Waals surface area (Å²) in [5.74, 6) is -3.33. The van der Waals surface area contributed by atoms with E-state index in [0.29, 0.717) is 24.9 Å². The molecule has 0 bridgehead atoms. The van der Waals surface area contributed by atoms with E-state index in [1.165, 1.54) is 0 Å². The molecule has 0 amide bonds. The molecule has 2 aromatic rings. The number of carboxylic acid groups (broad SMARTS) is 1. The minimum atomic E-state index is -5.08. The number of carboxylic acids is 1. The van der Waals surface area contributed by atoms with Gasteiger partial charge in [0.15, 0.2) is 0 Å². The molecule has 0 saturated heterocycles. The third-order valence-corrected chi connectivity index (χ3v) is 3.66. The van der Waals surface area contributed by atoms with Gasteiger partial charge in [-0.15, -0.1) is 0 Å². The molecule has 10 heteroatoms. The summed E-state index contributed by atoms with van der Waals surface area (Å²) in [6.45, 7) is 5.11. The van der Waals surface area contributed by atoms with Gasteiger partial charge in [-0.2, -0.15) is 13.2 Å². The molecule has 1 aromatic heterocycles. The van der Waals surface area contributed by atoms with Crippen LogP contribution < -0.4 is 11.2 Å². The summed E-state index contributed by atoms with van der Waals surface area (Å²) in [6.07, 6.45) is -2.81. The predicted octanol–water partition coefficient (Wildman–Crippen LogP) is 2.33. The van der Waals surface area contributed by atoms with E-state index >= 15 is 0 Å². The fraction of sp³-hybridized carbons (Fsp3) is 0.389. The highest BCUT2D eigenvalue weighted by molar-refractivity contribution is 5.93. The minimum absolute atomic E-state index is 0.0797. The number of ether oxygens (including phenoxy) is 1. The smallest absolute Gasteiger partial charge is 0.475 e. The van der Waals surface area contributed by atoms with Crippen molar-refractivity contribution >= 4 is 22.8 Å². The molecule has 0 radical (unpaired) electrons. The van der Waals surface area contributed by atoms with E-state index in [1.807, 2.05) is 29.7 Å². The summed E-state index contributed by atoms with van der Waals surface area (Å²) in [5, 5.41) is 7.66. The van der Waals surface area contributed by atoms with Crippen LogP contribution in [0.15, 0.2) is 29.2 Å². The van der Waals surface area contributed by atoms with E-state index in [0.717, 1.165) is 11.1 Å². The molecule has 28 heavy (non-hydrogen) atoms. The maximum atomic E-state index is 12.5. The molecule has 3 N–H and O–H groups in total. The fourth-order valence-electron chi connectivity index (χ4n) is 2.38. The predicted molar refractivity (Wildman–Crippen MR) is 96.3 cm³/mol. The zero-order chi connectivity index (χ0) is 21.5. The average Bonchev–Trinajstić information content (AvgIpc) is 2.62. The van der Waals surface area contributed by atoms with E-state index in [-0.39, 0.29) is 17.6 Å². The topological polar surface area (TPSA) is 112 Å². The fourth-order valence-corrected chi connectivity index (χ4v) is 2.38. The molecular weight excluding hydrogens is 381 g/mol. The summed E-state index contributed by atoms with van der Waals surface area (Å²) in [5.41, 5.74) is 7.16. The van der Waals surface area contributed by atoms with Crippen LogP contribution in [-0.4, -0.2) is 40.9 Å². The van der Waals surface area contributed by atoms with Crippen LogP contribution in [-0.2, 0) is 22.5 Å². The van der Waals surface area contributed by atoms with Crippen molar-refractivity contribution in [2.45, 2.75) is 33.0 Å². The lowest BCUT2D eigenvalue weighted by molar-refractivity contribution is -0.192. The third kappa shape index (κ3) is 5.81. The molecule has 154 valence electrons. The van der Waals surface area contributed by atoms with E-state index in [1.54, 1.807) is 13.1 Å². The molecule has 0 unspecified atom stereocenters. The van der Waals surface area contributed by atoms with Crippen LogP contribution in [0.4, 0.5) is 13.2 Å². The monoisotopic (exact) mass is 402 g/mol. The van der Waals surface area contributed by atoms with Crippen molar-refractivity contribution in [1.29, 1.82) is 0 Å². The standard InChI is InChI=1S/C16H20N2O3.C2HF3O2/c1-3-18-10-13(16(20)21-4-2)15(19)12-9-11(7-8-17)5-6-14(12)18;3-2(4,5)1(6)7/h5-6,9-10H,3-4,7-8,17H2,1-2H3;(H,6,7). The Morgan fingerprint density at radius 2 is 1.86 bits per heavy atom. The molecule has 0 fully saturated rings. The Bertz CT molecular complexity index is 906. The molecule has 0 aliphatic rings. The number of aromatic nitrogens is 1. The molecule has 2 rings (SSSR count).